The summed E-state index contributed by atoms with van der Waals surface area (Å²) in [6.45, 7) is 0.613. The molecule has 2 aromatic carbocycles. The predicted molar refractivity (Wildman–Crippen MR) is 89.7 cm³/mol. The number of benzene rings is 2. The SMILES string of the molecule is CNC1CCCc2cc(OCc3ccc(Br)cc3)ccc21. The molecule has 1 aliphatic carbocycles. The molecule has 0 saturated carbocycles. The van der Waals surface area contributed by atoms with Gasteiger partial charge in [0, 0.05) is 10.5 Å². The lowest BCUT2D eigenvalue weighted by Crippen LogP contribution is -2.21. The summed E-state index contributed by atoms with van der Waals surface area (Å²) >= 11 is 3.45. The monoisotopic (exact) mass is 345 g/mol. The lowest BCUT2D eigenvalue weighted by Gasteiger charge is -2.25. The summed E-state index contributed by atoms with van der Waals surface area (Å²) in [6, 6.07) is 15.3. The second-order valence-electron chi connectivity index (χ2n) is 5.51. The van der Waals surface area contributed by atoms with Gasteiger partial charge in [0.2, 0.25) is 0 Å². The molecule has 0 saturated heterocycles. The topological polar surface area (TPSA) is 21.3 Å². The van der Waals surface area contributed by atoms with Crippen LogP contribution >= 0.6 is 15.9 Å². The van der Waals surface area contributed by atoms with Crippen molar-refractivity contribution in [1.29, 1.82) is 0 Å². The fourth-order valence-corrected chi connectivity index (χ4v) is 3.19. The molecule has 2 nitrogen and oxygen atoms in total. The van der Waals surface area contributed by atoms with Crippen molar-refractivity contribution in [3.05, 3.63) is 63.6 Å². The summed E-state index contributed by atoms with van der Waals surface area (Å²) in [5.74, 6) is 0.966. The Morgan fingerprint density at radius 2 is 2.00 bits per heavy atom. The van der Waals surface area contributed by atoms with E-state index < -0.39 is 0 Å². The Labute approximate surface area is 134 Å². The number of ether oxygens (including phenoxy) is 1. The van der Waals surface area contributed by atoms with E-state index in [4.69, 9.17) is 4.74 Å². The molecule has 3 rings (SSSR count). The average Bonchev–Trinajstić information content (AvgIpc) is 2.53. The standard InChI is InChI=1S/C18H20BrNO/c1-20-18-4-2-3-14-11-16(9-10-17(14)18)21-12-13-5-7-15(19)8-6-13/h5-11,18,20H,2-4,12H2,1H3. The number of hydrogen-bond donors (Lipinski definition) is 1. The van der Waals surface area contributed by atoms with Crippen LogP contribution in [0.5, 0.6) is 5.75 Å². The third-order valence-corrected chi connectivity index (χ3v) is 4.62. The smallest absolute Gasteiger partial charge is 0.120 e. The van der Waals surface area contributed by atoms with E-state index in [2.05, 4.69) is 51.6 Å². The average molecular weight is 346 g/mol. The summed E-state index contributed by atoms with van der Waals surface area (Å²) in [5.41, 5.74) is 4.04. The van der Waals surface area contributed by atoms with E-state index in [1.807, 2.05) is 19.2 Å². The first-order valence-electron chi connectivity index (χ1n) is 7.43. The molecule has 110 valence electrons. The highest BCUT2D eigenvalue weighted by Gasteiger charge is 2.18. The Morgan fingerprint density at radius 1 is 1.19 bits per heavy atom. The summed E-state index contributed by atoms with van der Waals surface area (Å²) in [7, 11) is 2.04. The Morgan fingerprint density at radius 3 is 2.76 bits per heavy atom. The molecule has 0 radical (unpaired) electrons. The first-order valence-corrected chi connectivity index (χ1v) is 8.23. The minimum absolute atomic E-state index is 0.495. The minimum atomic E-state index is 0.495. The maximum absolute atomic E-state index is 5.93. The number of rotatable bonds is 4. The molecule has 21 heavy (non-hydrogen) atoms. The summed E-state index contributed by atoms with van der Waals surface area (Å²) in [4.78, 5) is 0. The van der Waals surface area contributed by atoms with Gasteiger partial charge in [0.15, 0.2) is 0 Å². The third-order valence-electron chi connectivity index (χ3n) is 4.10. The van der Waals surface area contributed by atoms with Crippen LogP contribution in [0.25, 0.3) is 0 Å². The van der Waals surface area contributed by atoms with Crippen molar-refractivity contribution >= 4 is 15.9 Å². The molecule has 0 spiro atoms. The fourth-order valence-electron chi connectivity index (χ4n) is 2.93. The zero-order valence-corrected chi connectivity index (χ0v) is 13.8. The number of fused-ring (bicyclic) bond motifs is 1. The van der Waals surface area contributed by atoms with Gasteiger partial charge in [-0.25, -0.2) is 0 Å². The zero-order valence-electron chi connectivity index (χ0n) is 12.2. The van der Waals surface area contributed by atoms with Crippen LogP contribution in [0.15, 0.2) is 46.9 Å². The molecule has 0 bridgehead atoms. The lowest BCUT2D eigenvalue weighted by atomic mass is 9.87. The minimum Gasteiger partial charge on any atom is -0.489 e. The van der Waals surface area contributed by atoms with E-state index in [9.17, 15) is 0 Å². The van der Waals surface area contributed by atoms with Gasteiger partial charge in [-0.15, -0.1) is 0 Å². The molecular weight excluding hydrogens is 326 g/mol. The molecule has 0 fully saturated rings. The van der Waals surface area contributed by atoms with E-state index in [0.29, 0.717) is 12.6 Å². The lowest BCUT2D eigenvalue weighted by molar-refractivity contribution is 0.305. The molecule has 0 aromatic heterocycles. The van der Waals surface area contributed by atoms with E-state index in [0.717, 1.165) is 16.6 Å². The van der Waals surface area contributed by atoms with Crippen LogP contribution in [0.3, 0.4) is 0 Å². The maximum atomic E-state index is 5.93. The summed E-state index contributed by atoms with van der Waals surface area (Å²) in [6.07, 6.45) is 3.63. The van der Waals surface area contributed by atoms with Crippen molar-refractivity contribution < 1.29 is 4.74 Å². The Balaban J connectivity index is 1.70. The zero-order chi connectivity index (χ0) is 14.7. The van der Waals surface area contributed by atoms with E-state index in [-0.39, 0.29) is 0 Å². The largest absolute Gasteiger partial charge is 0.489 e. The second kappa shape index (κ2) is 6.63. The van der Waals surface area contributed by atoms with Crippen LogP contribution in [0.2, 0.25) is 0 Å². The Hall–Kier alpha value is -1.32. The molecule has 0 amide bonds. The molecule has 1 N–H and O–H groups in total. The Bertz CT molecular complexity index is 609. The van der Waals surface area contributed by atoms with Gasteiger partial charge in [0.25, 0.3) is 0 Å². The number of hydrogen-bond acceptors (Lipinski definition) is 2. The molecule has 0 heterocycles. The van der Waals surface area contributed by atoms with Crippen molar-refractivity contribution in [3.63, 3.8) is 0 Å². The molecule has 2 aromatic rings. The second-order valence-corrected chi connectivity index (χ2v) is 6.42. The van der Waals surface area contributed by atoms with Crippen LogP contribution in [0.4, 0.5) is 0 Å². The molecular formula is C18H20BrNO. The van der Waals surface area contributed by atoms with Gasteiger partial charge in [0.1, 0.15) is 12.4 Å². The van der Waals surface area contributed by atoms with Gasteiger partial charge in [0.05, 0.1) is 0 Å². The molecule has 3 heteroatoms. The number of aryl methyl sites for hydroxylation is 1. The highest BCUT2D eigenvalue weighted by atomic mass is 79.9. The van der Waals surface area contributed by atoms with E-state index >= 15 is 0 Å². The summed E-state index contributed by atoms with van der Waals surface area (Å²) in [5, 5.41) is 3.40. The van der Waals surface area contributed by atoms with Gasteiger partial charge in [-0.3, -0.25) is 0 Å². The molecule has 1 aliphatic rings. The molecule has 1 unspecified atom stereocenters. The highest BCUT2D eigenvalue weighted by molar-refractivity contribution is 9.10. The quantitative estimate of drug-likeness (QED) is 0.872. The third kappa shape index (κ3) is 3.47. The van der Waals surface area contributed by atoms with Crippen molar-refractivity contribution in [2.24, 2.45) is 0 Å². The van der Waals surface area contributed by atoms with Crippen LogP contribution < -0.4 is 10.1 Å². The summed E-state index contributed by atoms with van der Waals surface area (Å²) < 4.78 is 7.03. The van der Waals surface area contributed by atoms with Gasteiger partial charge >= 0.3 is 0 Å². The number of halogens is 1. The first-order chi connectivity index (χ1) is 10.3. The van der Waals surface area contributed by atoms with E-state index in [1.54, 1.807) is 0 Å². The van der Waals surface area contributed by atoms with Crippen LogP contribution in [-0.2, 0) is 13.0 Å². The van der Waals surface area contributed by atoms with Gasteiger partial charge in [-0.05, 0) is 67.3 Å². The van der Waals surface area contributed by atoms with Crippen molar-refractivity contribution in [2.75, 3.05) is 7.05 Å². The van der Waals surface area contributed by atoms with Crippen LogP contribution in [0, 0.1) is 0 Å². The van der Waals surface area contributed by atoms with Crippen molar-refractivity contribution in [3.8, 4) is 5.75 Å². The van der Waals surface area contributed by atoms with Crippen molar-refractivity contribution in [1.82, 2.24) is 5.32 Å². The normalized spacial score (nSPS) is 17.3. The van der Waals surface area contributed by atoms with Crippen LogP contribution in [0.1, 0.15) is 35.6 Å². The molecule has 0 aliphatic heterocycles. The molecule has 1 atom stereocenters. The van der Waals surface area contributed by atoms with Crippen molar-refractivity contribution in [2.45, 2.75) is 31.9 Å². The van der Waals surface area contributed by atoms with Gasteiger partial charge in [-0.2, -0.15) is 0 Å². The van der Waals surface area contributed by atoms with Crippen LogP contribution in [-0.4, -0.2) is 7.05 Å². The fraction of sp³-hybridized carbons (Fsp3) is 0.333. The Kier molecular flexibility index (Phi) is 4.61. The van der Waals surface area contributed by atoms with Gasteiger partial charge < -0.3 is 10.1 Å². The van der Waals surface area contributed by atoms with Gasteiger partial charge in [-0.1, -0.05) is 34.1 Å². The number of nitrogens with one attached hydrogen (secondary N) is 1. The highest BCUT2D eigenvalue weighted by Crippen LogP contribution is 2.32. The maximum Gasteiger partial charge on any atom is 0.120 e. The first kappa shape index (κ1) is 14.6. The predicted octanol–water partition coefficient (Wildman–Crippen LogP) is 4.62. The van der Waals surface area contributed by atoms with E-state index in [1.165, 1.54) is 29.5 Å².